The van der Waals surface area contributed by atoms with Gasteiger partial charge in [0.1, 0.15) is 0 Å². The molecule has 19 heavy (non-hydrogen) atoms. The van der Waals surface area contributed by atoms with Crippen molar-refractivity contribution in [1.29, 1.82) is 0 Å². The van der Waals surface area contributed by atoms with E-state index in [4.69, 9.17) is 0 Å². The average Bonchev–Trinajstić information content (AvgIpc) is 2.95. The number of hydrogen-bond donors (Lipinski definition) is 1. The third kappa shape index (κ3) is 3.37. The van der Waals surface area contributed by atoms with Crippen molar-refractivity contribution < 1.29 is 8.42 Å². The summed E-state index contributed by atoms with van der Waals surface area (Å²) in [5, 5.41) is 5.07. The smallest absolute Gasteiger partial charge is 0.244 e. The van der Waals surface area contributed by atoms with Crippen molar-refractivity contribution in [2.24, 2.45) is 0 Å². The van der Waals surface area contributed by atoms with Gasteiger partial charge in [-0.25, -0.2) is 8.42 Å². The molecule has 0 aliphatic carbocycles. The zero-order valence-electron chi connectivity index (χ0n) is 11.7. The Kier molecular flexibility index (Phi) is 4.66. The summed E-state index contributed by atoms with van der Waals surface area (Å²) in [6.07, 6.45) is 1.93. The molecular formula is C13H22N2O2S2. The van der Waals surface area contributed by atoms with E-state index in [2.05, 4.69) is 19.2 Å². The zero-order chi connectivity index (χ0) is 14.0. The molecule has 0 radical (unpaired) electrons. The van der Waals surface area contributed by atoms with E-state index in [0.29, 0.717) is 17.5 Å². The van der Waals surface area contributed by atoms with Gasteiger partial charge < -0.3 is 5.32 Å². The molecule has 0 spiro atoms. The highest BCUT2D eigenvalue weighted by Crippen LogP contribution is 2.28. The molecule has 0 amide bonds. The summed E-state index contributed by atoms with van der Waals surface area (Å²) in [5.41, 5.74) is 0. The SMILES string of the molecule is CC(C)NCc1cc(S(=O)(=O)N2CCCC2C)cs1. The summed E-state index contributed by atoms with van der Waals surface area (Å²) in [6, 6.07) is 2.34. The summed E-state index contributed by atoms with van der Waals surface area (Å²) >= 11 is 1.51. The predicted molar refractivity (Wildman–Crippen MR) is 78.9 cm³/mol. The first-order valence-corrected chi connectivity index (χ1v) is 9.06. The van der Waals surface area contributed by atoms with E-state index in [9.17, 15) is 8.42 Å². The molecule has 0 bridgehead atoms. The van der Waals surface area contributed by atoms with Gasteiger partial charge in [0.25, 0.3) is 0 Å². The van der Waals surface area contributed by atoms with Crippen LogP contribution in [0.25, 0.3) is 0 Å². The van der Waals surface area contributed by atoms with Crippen LogP contribution in [0.3, 0.4) is 0 Å². The summed E-state index contributed by atoms with van der Waals surface area (Å²) in [5.74, 6) is 0. The second-order valence-corrected chi connectivity index (χ2v) is 8.28. The van der Waals surface area contributed by atoms with Crippen molar-refractivity contribution in [2.75, 3.05) is 6.54 Å². The van der Waals surface area contributed by atoms with E-state index in [1.54, 1.807) is 15.8 Å². The van der Waals surface area contributed by atoms with E-state index >= 15 is 0 Å². The molecule has 1 N–H and O–H groups in total. The topological polar surface area (TPSA) is 49.4 Å². The van der Waals surface area contributed by atoms with Gasteiger partial charge in [0.05, 0.1) is 4.90 Å². The zero-order valence-corrected chi connectivity index (χ0v) is 13.4. The lowest BCUT2D eigenvalue weighted by Crippen LogP contribution is -2.33. The summed E-state index contributed by atoms with van der Waals surface area (Å²) < 4.78 is 26.7. The van der Waals surface area contributed by atoms with E-state index in [1.165, 1.54) is 11.3 Å². The van der Waals surface area contributed by atoms with Gasteiger partial charge in [-0.2, -0.15) is 4.31 Å². The number of rotatable bonds is 5. The molecule has 1 fully saturated rings. The third-order valence-electron chi connectivity index (χ3n) is 3.41. The van der Waals surface area contributed by atoms with E-state index in [-0.39, 0.29) is 6.04 Å². The van der Waals surface area contributed by atoms with Gasteiger partial charge in [0, 0.05) is 35.4 Å². The van der Waals surface area contributed by atoms with Crippen LogP contribution in [-0.2, 0) is 16.6 Å². The van der Waals surface area contributed by atoms with Crippen molar-refractivity contribution >= 4 is 21.4 Å². The van der Waals surface area contributed by atoms with Crippen LogP contribution in [0, 0.1) is 0 Å². The molecule has 1 aromatic rings. The molecule has 0 saturated carbocycles. The molecule has 1 unspecified atom stereocenters. The highest BCUT2D eigenvalue weighted by atomic mass is 32.2. The summed E-state index contributed by atoms with van der Waals surface area (Å²) in [7, 11) is -3.29. The second-order valence-electron chi connectivity index (χ2n) is 5.39. The Bertz CT molecular complexity index is 523. The van der Waals surface area contributed by atoms with Gasteiger partial charge in [0.15, 0.2) is 0 Å². The van der Waals surface area contributed by atoms with Crippen LogP contribution in [0.5, 0.6) is 0 Å². The maximum absolute atomic E-state index is 12.5. The fourth-order valence-electron chi connectivity index (χ4n) is 2.29. The third-order valence-corrected chi connectivity index (χ3v) is 6.49. The molecule has 2 heterocycles. The minimum absolute atomic E-state index is 0.127. The Morgan fingerprint density at radius 3 is 2.84 bits per heavy atom. The molecule has 1 aliphatic heterocycles. The molecule has 1 atom stereocenters. The Balaban J connectivity index is 2.13. The van der Waals surface area contributed by atoms with Crippen LogP contribution in [0.4, 0.5) is 0 Å². The van der Waals surface area contributed by atoms with Crippen LogP contribution >= 0.6 is 11.3 Å². The summed E-state index contributed by atoms with van der Waals surface area (Å²) in [4.78, 5) is 1.52. The molecule has 0 aromatic carbocycles. The first-order chi connectivity index (χ1) is 8.91. The standard InChI is InChI=1S/C13H22N2O2S2/c1-10(2)14-8-12-7-13(9-18-12)19(16,17)15-6-4-5-11(15)3/h7,9-11,14H,4-6,8H2,1-3H3. The van der Waals surface area contributed by atoms with Crippen LogP contribution in [0.15, 0.2) is 16.3 Å². The summed E-state index contributed by atoms with van der Waals surface area (Å²) in [6.45, 7) is 7.53. The van der Waals surface area contributed by atoms with Crippen LogP contribution < -0.4 is 5.32 Å². The van der Waals surface area contributed by atoms with E-state index < -0.39 is 10.0 Å². The maximum Gasteiger partial charge on any atom is 0.244 e. The van der Waals surface area contributed by atoms with Crippen molar-refractivity contribution in [3.05, 3.63) is 16.3 Å². The van der Waals surface area contributed by atoms with Crippen LogP contribution in [0.1, 0.15) is 38.5 Å². The molecule has 4 nitrogen and oxygen atoms in total. The fourth-order valence-corrected chi connectivity index (χ4v) is 5.21. The lowest BCUT2D eigenvalue weighted by atomic mass is 10.3. The average molecular weight is 302 g/mol. The van der Waals surface area contributed by atoms with E-state index in [0.717, 1.165) is 24.3 Å². The monoisotopic (exact) mass is 302 g/mol. The number of thiophene rings is 1. The number of hydrogen-bond acceptors (Lipinski definition) is 4. The first-order valence-electron chi connectivity index (χ1n) is 6.74. The Morgan fingerprint density at radius 1 is 1.53 bits per heavy atom. The molecule has 2 rings (SSSR count). The van der Waals surface area contributed by atoms with Crippen molar-refractivity contribution in [1.82, 2.24) is 9.62 Å². The lowest BCUT2D eigenvalue weighted by molar-refractivity contribution is 0.408. The molecule has 1 saturated heterocycles. The predicted octanol–water partition coefficient (Wildman–Crippen LogP) is 2.42. The van der Waals surface area contributed by atoms with Gasteiger partial charge >= 0.3 is 0 Å². The second kappa shape index (κ2) is 5.91. The Labute approximate surface area is 119 Å². The minimum atomic E-state index is -3.29. The van der Waals surface area contributed by atoms with Crippen molar-refractivity contribution in [2.45, 2.75) is 57.1 Å². The lowest BCUT2D eigenvalue weighted by Gasteiger charge is -2.19. The fraction of sp³-hybridized carbons (Fsp3) is 0.692. The molecule has 1 aromatic heterocycles. The highest BCUT2D eigenvalue weighted by Gasteiger charge is 2.33. The number of nitrogens with one attached hydrogen (secondary N) is 1. The van der Waals surface area contributed by atoms with Gasteiger partial charge in [-0.3, -0.25) is 0 Å². The molecule has 1 aliphatic rings. The Hall–Kier alpha value is -0.430. The molecule has 6 heteroatoms. The van der Waals surface area contributed by atoms with Crippen LogP contribution in [-0.4, -0.2) is 31.4 Å². The number of nitrogens with zero attached hydrogens (tertiary/aromatic N) is 1. The maximum atomic E-state index is 12.5. The quantitative estimate of drug-likeness (QED) is 0.909. The first kappa shape index (κ1) is 15.0. The van der Waals surface area contributed by atoms with E-state index in [1.807, 2.05) is 6.92 Å². The van der Waals surface area contributed by atoms with Gasteiger partial charge in [-0.1, -0.05) is 13.8 Å². The van der Waals surface area contributed by atoms with Crippen LogP contribution in [0.2, 0.25) is 0 Å². The molecular weight excluding hydrogens is 280 g/mol. The van der Waals surface area contributed by atoms with Crippen molar-refractivity contribution in [3.8, 4) is 0 Å². The normalized spacial score (nSPS) is 21.4. The van der Waals surface area contributed by atoms with Gasteiger partial charge in [0.2, 0.25) is 10.0 Å². The van der Waals surface area contributed by atoms with Crippen molar-refractivity contribution in [3.63, 3.8) is 0 Å². The minimum Gasteiger partial charge on any atom is -0.310 e. The Morgan fingerprint density at radius 2 is 2.26 bits per heavy atom. The molecule has 108 valence electrons. The highest BCUT2D eigenvalue weighted by molar-refractivity contribution is 7.89. The van der Waals surface area contributed by atoms with Gasteiger partial charge in [-0.15, -0.1) is 11.3 Å². The van der Waals surface area contributed by atoms with Gasteiger partial charge in [-0.05, 0) is 25.8 Å². The number of sulfonamides is 1. The largest absolute Gasteiger partial charge is 0.310 e.